The van der Waals surface area contributed by atoms with E-state index in [4.69, 9.17) is 0 Å². The van der Waals surface area contributed by atoms with Crippen LogP contribution in [0.4, 0.5) is 4.39 Å². The summed E-state index contributed by atoms with van der Waals surface area (Å²) in [7, 11) is -3.79. The SMILES string of the molecule is Cc1nnc(CN2CCC(S(=O)(=O)NCCc3ccccc3)=C(F)C2)s1. The zero-order valence-corrected chi connectivity index (χ0v) is 16.1. The van der Waals surface area contributed by atoms with Gasteiger partial charge in [0.25, 0.3) is 0 Å². The van der Waals surface area contributed by atoms with E-state index in [1.807, 2.05) is 42.2 Å². The number of aryl methyl sites for hydroxylation is 1. The highest BCUT2D eigenvalue weighted by atomic mass is 32.2. The molecule has 0 unspecified atom stereocenters. The van der Waals surface area contributed by atoms with Gasteiger partial charge in [-0.05, 0) is 18.9 Å². The van der Waals surface area contributed by atoms with Crippen molar-refractivity contribution in [2.75, 3.05) is 19.6 Å². The second-order valence-electron chi connectivity index (χ2n) is 6.14. The Bertz CT molecular complexity index is 881. The first-order valence-electron chi connectivity index (χ1n) is 8.36. The third kappa shape index (κ3) is 4.94. The smallest absolute Gasteiger partial charge is 0.239 e. The molecule has 0 aliphatic carbocycles. The van der Waals surface area contributed by atoms with E-state index in [2.05, 4.69) is 14.9 Å². The molecule has 1 aromatic carbocycles. The van der Waals surface area contributed by atoms with Crippen LogP contribution in [0.2, 0.25) is 0 Å². The molecule has 1 N–H and O–H groups in total. The fraction of sp³-hybridized carbons (Fsp3) is 0.412. The minimum absolute atomic E-state index is 0.0203. The molecule has 0 fully saturated rings. The van der Waals surface area contributed by atoms with Crippen LogP contribution < -0.4 is 4.72 Å². The Kier molecular flexibility index (Phi) is 6.13. The summed E-state index contributed by atoms with van der Waals surface area (Å²) in [6.07, 6.45) is 0.724. The molecule has 0 spiro atoms. The highest BCUT2D eigenvalue weighted by Crippen LogP contribution is 2.25. The molecule has 0 atom stereocenters. The summed E-state index contributed by atoms with van der Waals surface area (Å²) < 4.78 is 41.8. The maximum absolute atomic E-state index is 14.4. The van der Waals surface area contributed by atoms with Gasteiger partial charge in [-0.3, -0.25) is 4.90 Å². The second-order valence-corrected chi connectivity index (χ2v) is 9.19. The maximum atomic E-state index is 14.4. The monoisotopic (exact) mass is 396 g/mol. The molecule has 0 amide bonds. The molecule has 0 radical (unpaired) electrons. The van der Waals surface area contributed by atoms with Crippen molar-refractivity contribution in [3.05, 3.63) is 56.6 Å². The van der Waals surface area contributed by atoms with Crippen molar-refractivity contribution >= 4 is 21.4 Å². The van der Waals surface area contributed by atoms with Gasteiger partial charge < -0.3 is 0 Å². The Morgan fingerprint density at radius 3 is 2.69 bits per heavy atom. The van der Waals surface area contributed by atoms with Crippen molar-refractivity contribution in [3.8, 4) is 0 Å². The van der Waals surface area contributed by atoms with Gasteiger partial charge in [0.2, 0.25) is 10.0 Å². The molecule has 1 aliphatic rings. The van der Waals surface area contributed by atoms with Crippen molar-refractivity contribution < 1.29 is 12.8 Å². The molecule has 0 saturated carbocycles. The van der Waals surface area contributed by atoms with Crippen LogP contribution in [0.3, 0.4) is 0 Å². The lowest BCUT2D eigenvalue weighted by Gasteiger charge is -2.26. The maximum Gasteiger partial charge on any atom is 0.239 e. The van der Waals surface area contributed by atoms with Gasteiger partial charge in [-0.25, -0.2) is 17.5 Å². The van der Waals surface area contributed by atoms with Gasteiger partial charge in [0.05, 0.1) is 18.0 Å². The summed E-state index contributed by atoms with van der Waals surface area (Å²) in [5, 5.41) is 9.64. The zero-order chi connectivity index (χ0) is 18.6. The molecule has 0 saturated heterocycles. The number of benzene rings is 1. The van der Waals surface area contributed by atoms with E-state index in [-0.39, 0.29) is 24.4 Å². The Balaban J connectivity index is 1.57. The molecule has 3 rings (SSSR count). The quantitative estimate of drug-likeness (QED) is 0.778. The lowest BCUT2D eigenvalue weighted by Crippen LogP contribution is -2.35. The number of sulfonamides is 1. The Hall–Kier alpha value is -1.68. The van der Waals surface area contributed by atoms with E-state index < -0.39 is 15.9 Å². The van der Waals surface area contributed by atoms with E-state index in [0.717, 1.165) is 15.6 Å². The summed E-state index contributed by atoms with van der Waals surface area (Å²) in [6, 6.07) is 9.58. The first-order chi connectivity index (χ1) is 12.4. The van der Waals surface area contributed by atoms with Gasteiger partial charge in [0.15, 0.2) is 0 Å². The van der Waals surface area contributed by atoms with E-state index >= 15 is 0 Å². The highest BCUT2D eigenvalue weighted by molar-refractivity contribution is 7.93. The predicted octanol–water partition coefficient (Wildman–Crippen LogP) is 2.40. The first-order valence-corrected chi connectivity index (χ1v) is 10.7. The lowest BCUT2D eigenvalue weighted by molar-refractivity contribution is 0.256. The second kappa shape index (κ2) is 8.34. The van der Waals surface area contributed by atoms with Gasteiger partial charge in [-0.15, -0.1) is 21.5 Å². The molecular weight excluding hydrogens is 375 g/mol. The molecule has 6 nitrogen and oxygen atoms in total. The number of nitrogens with zero attached hydrogens (tertiary/aromatic N) is 3. The summed E-state index contributed by atoms with van der Waals surface area (Å²) in [4.78, 5) is 1.72. The van der Waals surface area contributed by atoms with E-state index in [0.29, 0.717) is 19.5 Å². The zero-order valence-electron chi connectivity index (χ0n) is 14.5. The number of aromatic nitrogens is 2. The van der Waals surface area contributed by atoms with Crippen molar-refractivity contribution in [2.45, 2.75) is 26.3 Å². The summed E-state index contributed by atoms with van der Waals surface area (Å²) in [5.74, 6) is -0.593. The summed E-state index contributed by atoms with van der Waals surface area (Å²) in [5.41, 5.74) is 1.03. The van der Waals surface area contributed by atoms with Gasteiger partial charge in [-0.2, -0.15) is 0 Å². The highest BCUT2D eigenvalue weighted by Gasteiger charge is 2.28. The molecule has 26 heavy (non-hydrogen) atoms. The van der Waals surface area contributed by atoms with Crippen LogP contribution >= 0.6 is 11.3 Å². The lowest BCUT2D eigenvalue weighted by atomic mass is 10.2. The topological polar surface area (TPSA) is 75.2 Å². The van der Waals surface area contributed by atoms with Crippen molar-refractivity contribution in [2.24, 2.45) is 0 Å². The largest absolute Gasteiger partial charge is 0.290 e. The Morgan fingerprint density at radius 2 is 2.04 bits per heavy atom. The molecule has 1 aliphatic heterocycles. The third-order valence-corrected chi connectivity index (χ3v) is 6.60. The minimum atomic E-state index is -3.79. The van der Waals surface area contributed by atoms with Crippen molar-refractivity contribution in [1.82, 2.24) is 19.8 Å². The van der Waals surface area contributed by atoms with Crippen molar-refractivity contribution in [3.63, 3.8) is 0 Å². The molecule has 140 valence electrons. The number of halogens is 1. The third-order valence-electron chi connectivity index (χ3n) is 4.12. The summed E-state index contributed by atoms with van der Waals surface area (Å²) >= 11 is 1.46. The number of nitrogens with one attached hydrogen (secondary N) is 1. The van der Waals surface area contributed by atoms with Gasteiger partial charge >= 0.3 is 0 Å². The van der Waals surface area contributed by atoms with E-state index in [9.17, 15) is 12.8 Å². The number of rotatable bonds is 7. The van der Waals surface area contributed by atoms with Gasteiger partial charge in [0.1, 0.15) is 15.8 Å². The van der Waals surface area contributed by atoms with Crippen LogP contribution in [0.1, 0.15) is 22.0 Å². The van der Waals surface area contributed by atoms with Crippen LogP contribution in [0.15, 0.2) is 41.1 Å². The van der Waals surface area contributed by atoms with E-state index in [1.54, 1.807) is 0 Å². The molecular formula is C17H21FN4O2S2. The molecule has 0 bridgehead atoms. The van der Waals surface area contributed by atoms with E-state index in [1.165, 1.54) is 11.3 Å². The average Bonchev–Trinajstić information content (AvgIpc) is 3.00. The molecule has 2 heterocycles. The van der Waals surface area contributed by atoms with Crippen LogP contribution in [0.5, 0.6) is 0 Å². The van der Waals surface area contributed by atoms with Crippen molar-refractivity contribution in [1.29, 1.82) is 0 Å². The predicted molar refractivity (Wildman–Crippen MR) is 99.7 cm³/mol. The molecule has 2 aromatic rings. The van der Waals surface area contributed by atoms with Gasteiger partial charge in [-0.1, -0.05) is 30.3 Å². The van der Waals surface area contributed by atoms with Gasteiger partial charge in [0, 0.05) is 19.5 Å². The van der Waals surface area contributed by atoms with Crippen LogP contribution in [-0.4, -0.2) is 43.1 Å². The van der Waals surface area contributed by atoms with Crippen LogP contribution in [0.25, 0.3) is 0 Å². The Morgan fingerprint density at radius 1 is 1.27 bits per heavy atom. The van der Waals surface area contributed by atoms with Crippen LogP contribution in [0, 0.1) is 6.92 Å². The normalized spacial score (nSPS) is 16.2. The molecule has 9 heteroatoms. The fourth-order valence-electron chi connectivity index (χ4n) is 2.83. The fourth-order valence-corrected chi connectivity index (χ4v) is 4.84. The standard InChI is InChI=1S/C17H21FN4O2S2/c1-13-20-21-17(25-13)12-22-10-8-16(15(18)11-22)26(23,24)19-9-7-14-5-3-2-4-6-14/h2-6,19H,7-12H2,1H3. The molecule has 1 aromatic heterocycles. The number of hydrogen-bond donors (Lipinski definition) is 1. The Labute approximate surface area is 156 Å². The average molecular weight is 397 g/mol. The first kappa shape index (κ1) is 19.1. The minimum Gasteiger partial charge on any atom is -0.290 e. The summed E-state index contributed by atoms with van der Waals surface area (Å²) in [6.45, 7) is 3.04. The number of hydrogen-bond acceptors (Lipinski definition) is 6. The van der Waals surface area contributed by atoms with Crippen LogP contribution in [-0.2, 0) is 23.0 Å².